The van der Waals surface area contributed by atoms with Gasteiger partial charge in [0.1, 0.15) is 5.78 Å². The van der Waals surface area contributed by atoms with Crippen LogP contribution in [0.3, 0.4) is 0 Å². The van der Waals surface area contributed by atoms with E-state index in [2.05, 4.69) is 5.32 Å². The Bertz CT molecular complexity index is 296. The van der Waals surface area contributed by atoms with Crippen LogP contribution >= 0.6 is 0 Å². The molecule has 0 aliphatic carbocycles. The number of ketones is 1. The lowest BCUT2D eigenvalue weighted by molar-refractivity contribution is -0.117. The van der Waals surface area contributed by atoms with Crippen molar-refractivity contribution >= 4 is 5.78 Å². The molecule has 3 atom stereocenters. The summed E-state index contributed by atoms with van der Waals surface area (Å²) in [7, 11) is 0. The summed E-state index contributed by atoms with van der Waals surface area (Å²) < 4.78 is 0. The van der Waals surface area contributed by atoms with E-state index in [-0.39, 0.29) is 18.8 Å². The van der Waals surface area contributed by atoms with E-state index in [1.54, 1.807) is 6.92 Å². The highest BCUT2D eigenvalue weighted by Crippen LogP contribution is 2.18. The summed E-state index contributed by atoms with van der Waals surface area (Å²) in [5.74, 6) is 0.312. The molecule has 0 aromatic heterocycles. The minimum atomic E-state index is -0.385. The summed E-state index contributed by atoms with van der Waals surface area (Å²) in [6.45, 7) is 1.70. The van der Waals surface area contributed by atoms with Gasteiger partial charge in [0.2, 0.25) is 0 Å². The minimum absolute atomic E-state index is 0.0291. The van der Waals surface area contributed by atoms with E-state index in [4.69, 9.17) is 0 Å². The van der Waals surface area contributed by atoms with Gasteiger partial charge in [0, 0.05) is 12.5 Å². The van der Waals surface area contributed by atoms with Crippen LogP contribution in [-0.4, -0.2) is 40.8 Å². The van der Waals surface area contributed by atoms with E-state index in [1.165, 1.54) is 44.9 Å². The summed E-state index contributed by atoms with van der Waals surface area (Å²) in [5.41, 5.74) is 0. The highest BCUT2D eigenvalue weighted by molar-refractivity contribution is 5.75. The van der Waals surface area contributed by atoms with Gasteiger partial charge >= 0.3 is 0 Å². The van der Waals surface area contributed by atoms with Gasteiger partial charge in [-0.1, -0.05) is 44.9 Å². The summed E-state index contributed by atoms with van der Waals surface area (Å²) >= 11 is 0. The number of nitrogens with one attached hydrogen (secondary N) is 1. The number of rotatable bonds is 12. The van der Waals surface area contributed by atoms with E-state index >= 15 is 0 Å². The largest absolute Gasteiger partial charge is 0.395 e. The number of carbonyl (C=O) groups excluding carboxylic acids is 1. The second-order valence-electron chi connectivity index (χ2n) is 6.87. The number of aliphatic hydroxyl groups excluding tert-OH is 2. The number of piperidine rings is 1. The number of Topliss-reactive ketones (excluding diaryl/α,β-unsaturated/α-hetero) is 1. The molecule has 1 aliphatic rings. The van der Waals surface area contributed by atoms with Crippen LogP contribution in [0.15, 0.2) is 0 Å². The molecule has 0 unspecified atom stereocenters. The van der Waals surface area contributed by atoms with Crippen LogP contribution in [0.1, 0.15) is 84.0 Å². The van der Waals surface area contributed by atoms with Crippen LogP contribution in [0.4, 0.5) is 0 Å². The van der Waals surface area contributed by atoms with E-state index < -0.39 is 0 Å². The van der Waals surface area contributed by atoms with Gasteiger partial charge in [0.05, 0.1) is 18.8 Å². The number of hydrogen-bond acceptors (Lipinski definition) is 4. The van der Waals surface area contributed by atoms with Crippen molar-refractivity contribution in [2.45, 2.75) is 102 Å². The Kier molecular flexibility index (Phi) is 10.7. The summed E-state index contributed by atoms with van der Waals surface area (Å²) in [6.07, 6.45) is 13.2. The zero-order valence-electron chi connectivity index (χ0n) is 14.2. The van der Waals surface area contributed by atoms with Gasteiger partial charge in [0.25, 0.3) is 0 Å². The normalized spacial score (nSPS) is 25.3. The molecule has 0 aromatic rings. The lowest BCUT2D eigenvalue weighted by Crippen LogP contribution is -2.52. The standard InChI is InChI=1S/C18H35NO3/c1-15(21)10-8-6-4-2-3-5-7-9-11-16-12-13-18(22)17(14-20)19-16/h16-20,22H,2-14H2,1H3/t16-,17+,18-/m1/s1. The first-order valence-electron chi connectivity index (χ1n) is 9.18. The SMILES string of the molecule is CC(=O)CCCCCCCCCC[C@@H]1CC[C@@H](O)[C@H](CO)N1. The van der Waals surface area contributed by atoms with Gasteiger partial charge < -0.3 is 20.3 Å². The maximum absolute atomic E-state index is 10.8. The molecule has 3 N–H and O–H groups in total. The van der Waals surface area contributed by atoms with Crippen molar-refractivity contribution in [3.63, 3.8) is 0 Å². The molecule has 0 spiro atoms. The lowest BCUT2D eigenvalue weighted by Gasteiger charge is -2.34. The number of hydrogen-bond donors (Lipinski definition) is 3. The van der Waals surface area contributed by atoms with Crippen LogP contribution in [-0.2, 0) is 4.79 Å². The monoisotopic (exact) mass is 313 g/mol. The van der Waals surface area contributed by atoms with Gasteiger partial charge in [-0.3, -0.25) is 0 Å². The summed E-state index contributed by atoms with van der Waals surface area (Å²) in [5, 5.41) is 22.3. The van der Waals surface area contributed by atoms with Gasteiger partial charge in [-0.15, -0.1) is 0 Å². The maximum Gasteiger partial charge on any atom is 0.129 e. The molecule has 0 amide bonds. The van der Waals surface area contributed by atoms with Crippen LogP contribution in [0.2, 0.25) is 0 Å². The van der Waals surface area contributed by atoms with Crippen molar-refractivity contribution in [3.8, 4) is 0 Å². The first-order chi connectivity index (χ1) is 10.6. The van der Waals surface area contributed by atoms with E-state index in [1.807, 2.05) is 0 Å². The Morgan fingerprint density at radius 1 is 1.00 bits per heavy atom. The third-order valence-corrected chi connectivity index (χ3v) is 4.75. The van der Waals surface area contributed by atoms with Gasteiger partial charge in [-0.25, -0.2) is 0 Å². The molecule has 1 fully saturated rings. The fraction of sp³-hybridized carbons (Fsp3) is 0.944. The third-order valence-electron chi connectivity index (χ3n) is 4.75. The third kappa shape index (κ3) is 8.86. The number of unbranched alkanes of at least 4 members (excludes halogenated alkanes) is 7. The van der Waals surface area contributed by atoms with Crippen molar-refractivity contribution in [1.82, 2.24) is 5.32 Å². The molecular weight excluding hydrogens is 278 g/mol. The molecule has 1 rings (SSSR count). The highest BCUT2D eigenvalue weighted by Gasteiger charge is 2.27. The van der Waals surface area contributed by atoms with E-state index in [9.17, 15) is 15.0 Å². The molecule has 22 heavy (non-hydrogen) atoms. The van der Waals surface area contributed by atoms with Crippen LogP contribution in [0.25, 0.3) is 0 Å². The second kappa shape index (κ2) is 12.0. The molecule has 130 valence electrons. The van der Waals surface area contributed by atoms with E-state index in [0.717, 1.165) is 32.1 Å². The van der Waals surface area contributed by atoms with Crippen molar-refractivity contribution in [1.29, 1.82) is 0 Å². The van der Waals surface area contributed by atoms with Crippen molar-refractivity contribution < 1.29 is 15.0 Å². The molecular formula is C18H35NO3. The highest BCUT2D eigenvalue weighted by atomic mass is 16.3. The molecule has 0 radical (unpaired) electrons. The molecule has 0 bridgehead atoms. The molecule has 1 saturated heterocycles. The lowest BCUT2D eigenvalue weighted by atomic mass is 9.93. The Hall–Kier alpha value is -0.450. The van der Waals surface area contributed by atoms with Crippen LogP contribution in [0, 0.1) is 0 Å². The second-order valence-corrected chi connectivity index (χ2v) is 6.87. The number of aliphatic hydroxyl groups is 2. The molecule has 1 aliphatic heterocycles. The average molecular weight is 313 g/mol. The molecule has 1 heterocycles. The van der Waals surface area contributed by atoms with E-state index in [0.29, 0.717) is 11.8 Å². The van der Waals surface area contributed by atoms with Crippen LogP contribution < -0.4 is 5.32 Å². The Labute approximate surface area is 135 Å². The first kappa shape index (κ1) is 19.6. The predicted octanol–water partition coefficient (Wildman–Crippen LogP) is 2.95. The summed E-state index contributed by atoms with van der Waals surface area (Å²) in [6, 6.07) is 0.334. The van der Waals surface area contributed by atoms with Crippen molar-refractivity contribution in [2.75, 3.05) is 6.61 Å². The first-order valence-corrected chi connectivity index (χ1v) is 9.18. The van der Waals surface area contributed by atoms with Crippen molar-refractivity contribution in [3.05, 3.63) is 0 Å². The zero-order chi connectivity index (χ0) is 16.2. The molecule has 4 heteroatoms. The Morgan fingerprint density at radius 2 is 1.59 bits per heavy atom. The molecule has 0 saturated carbocycles. The average Bonchev–Trinajstić information content (AvgIpc) is 2.50. The quantitative estimate of drug-likeness (QED) is 0.485. The Balaban J connectivity index is 1.88. The Morgan fingerprint density at radius 3 is 2.18 bits per heavy atom. The topological polar surface area (TPSA) is 69.6 Å². The summed E-state index contributed by atoms with van der Waals surface area (Å²) in [4.78, 5) is 10.8. The van der Waals surface area contributed by atoms with Crippen molar-refractivity contribution in [2.24, 2.45) is 0 Å². The molecule has 0 aromatic carbocycles. The van der Waals surface area contributed by atoms with Gasteiger partial charge in [0.15, 0.2) is 0 Å². The predicted molar refractivity (Wildman–Crippen MR) is 89.9 cm³/mol. The van der Waals surface area contributed by atoms with Crippen LogP contribution in [0.5, 0.6) is 0 Å². The fourth-order valence-electron chi connectivity index (χ4n) is 3.30. The fourth-order valence-corrected chi connectivity index (χ4v) is 3.30. The smallest absolute Gasteiger partial charge is 0.129 e. The van der Waals surface area contributed by atoms with Gasteiger partial charge in [-0.2, -0.15) is 0 Å². The molecule has 4 nitrogen and oxygen atoms in total. The van der Waals surface area contributed by atoms with Gasteiger partial charge in [-0.05, 0) is 32.6 Å². The zero-order valence-corrected chi connectivity index (χ0v) is 14.2. The minimum Gasteiger partial charge on any atom is -0.395 e. The maximum atomic E-state index is 10.8. The number of carbonyl (C=O) groups is 1.